The summed E-state index contributed by atoms with van der Waals surface area (Å²) in [5.41, 5.74) is 5.81. The number of rotatable bonds is 5. The molecule has 1 aromatic heterocycles. The van der Waals surface area contributed by atoms with Crippen LogP contribution < -0.4 is 10.9 Å². The van der Waals surface area contributed by atoms with E-state index in [1.54, 1.807) is 12.1 Å². The number of aromatic amines is 1. The van der Waals surface area contributed by atoms with Crippen molar-refractivity contribution in [2.24, 2.45) is 5.10 Å². The Morgan fingerprint density at radius 3 is 3.04 bits per heavy atom. The molecule has 0 aliphatic carbocycles. The maximum atomic E-state index is 11.9. The highest BCUT2D eigenvalue weighted by Gasteiger charge is 2.07. The zero-order valence-electron chi connectivity index (χ0n) is 13.5. The summed E-state index contributed by atoms with van der Waals surface area (Å²) in [6.45, 7) is 1.86. The molecule has 3 rings (SSSR count). The number of hydrogen-bond donors (Lipinski definition) is 3. The van der Waals surface area contributed by atoms with Crippen LogP contribution in [0, 0.1) is 6.92 Å². The highest BCUT2D eigenvalue weighted by molar-refractivity contribution is 7.99. The molecule has 0 saturated carbocycles. The quantitative estimate of drug-likeness (QED) is 0.282. The topological polar surface area (TPSA) is 90.4 Å². The van der Waals surface area contributed by atoms with Gasteiger partial charge in [-0.05, 0) is 25.1 Å². The first-order valence-corrected chi connectivity index (χ1v) is 8.50. The van der Waals surface area contributed by atoms with E-state index in [1.807, 2.05) is 31.2 Å². The van der Waals surface area contributed by atoms with Gasteiger partial charge in [-0.25, -0.2) is 10.4 Å². The number of aryl methyl sites for hydroxylation is 1. The van der Waals surface area contributed by atoms with E-state index in [0.717, 1.165) is 16.6 Å². The van der Waals surface area contributed by atoms with Gasteiger partial charge in [0.25, 0.3) is 5.91 Å². The van der Waals surface area contributed by atoms with Crippen molar-refractivity contribution < 1.29 is 9.90 Å². The molecule has 0 bridgehead atoms. The minimum absolute atomic E-state index is 0.0553. The standard InChI is InChI=1S/C17H15BN4O2S/c1-10-6-11(16(24)12(18)7-10)8-19-22-15(23)9-25-17-20-13-4-2-3-5-14(13)21-17/h2-8,24H,9H2,1H3,(H,20,21)(H,22,23)/b19-8+. The van der Waals surface area contributed by atoms with E-state index in [9.17, 15) is 9.90 Å². The smallest absolute Gasteiger partial charge is 0.250 e. The molecule has 1 amide bonds. The lowest BCUT2D eigenvalue weighted by Gasteiger charge is -2.05. The van der Waals surface area contributed by atoms with Gasteiger partial charge >= 0.3 is 0 Å². The Labute approximate surface area is 150 Å². The van der Waals surface area contributed by atoms with Crippen molar-refractivity contribution in [2.75, 3.05) is 5.75 Å². The van der Waals surface area contributed by atoms with Gasteiger partial charge in [-0.1, -0.05) is 41.0 Å². The number of phenols is 1. The average molecular weight is 350 g/mol. The van der Waals surface area contributed by atoms with Gasteiger partial charge in [0.1, 0.15) is 13.6 Å². The number of amides is 1. The second-order valence-corrected chi connectivity index (χ2v) is 6.40. The van der Waals surface area contributed by atoms with Gasteiger partial charge in [0.2, 0.25) is 0 Å². The van der Waals surface area contributed by atoms with Crippen LogP contribution in [-0.2, 0) is 4.79 Å². The summed E-state index contributed by atoms with van der Waals surface area (Å²) in [7, 11) is 5.68. The van der Waals surface area contributed by atoms with E-state index in [4.69, 9.17) is 7.85 Å². The Morgan fingerprint density at radius 2 is 2.24 bits per heavy atom. The SMILES string of the molecule is [B]c1cc(C)cc(/C=N/NC(=O)CSc2nc3ccccc3[nH]2)c1O. The lowest BCUT2D eigenvalue weighted by atomic mass is 9.91. The zero-order chi connectivity index (χ0) is 17.8. The number of aromatic hydroxyl groups is 1. The number of imidazole rings is 1. The Hall–Kier alpha value is -2.74. The van der Waals surface area contributed by atoms with Crippen molar-refractivity contribution in [2.45, 2.75) is 12.1 Å². The fraction of sp³-hybridized carbons (Fsp3) is 0.118. The predicted octanol–water partition coefficient (Wildman–Crippen LogP) is 1.61. The number of nitrogens with zero attached hydrogens (tertiary/aromatic N) is 2. The van der Waals surface area contributed by atoms with Crippen LogP contribution in [0.25, 0.3) is 11.0 Å². The minimum Gasteiger partial charge on any atom is -0.508 e. The number of phenolic OH excluding ortho intramolecular Hbond substituents is 1. The Morgan fingerprint density at radius 1 is 1.44 bits per heavy atom. The van der Waals surface area contributed by atoms with Gasteiger partial charge in [-0.2, -0.15) is 5.10 Å². The molecule has 0 aliphatic heterocycles. The van der Waals surface area contributed by atoms with E-state index < -0.39 is 0 Å². The molecule has 0 saturated heterocycles. The maximum Gasteiger partial charge on any atom is 0.250 e. The number of aromatic nitrogens is 2. The van der Waals surface area contributed by atoms with Gasteiger partial charge < -0.3 is 10.1 Å². The van der Waals surface area contributed by atoms with Crippen LogP contribution in [0.3, 0.4) is 0 Å². The Bertz CT molecular complexity index is 922. The van der Waals surface area contributed by atoms with Crippen LogP contribution in [0.5, 0.6) is 5.75 Å². The number of para-hydroxylation sites is 2. The molecule has 6 nitrogen and oxygen atoms in total. The van der Waals surface area contributed by atoms with Gasteiger partial charge in [-0.3, -0.25) is 4.79 Å². The zero-order valence-corrected chi connectivity index (χ0v) is 14.3. The van der Waals surface area contributed by atoms with Crippen LogP contribution in [0.2, 0.25) is 0 Å². The third-order valence-electron chi connectivity index (χ3n) is 3.41. The molecular formula is C17H15BN4O2S. The number of benzene rings is 2. The molecule has 2 aromatic carbocycles. The monoisotopic (exact) mass is 350 g/mol. The molecule has 3 N–H and O–H groups in total. The molecule has 8 heteroatoms. The molecule has 124 valence electrons. The molecule has 0 spiro atoms. The predicted molar refractivity (Wildman–Crippen MR) is 101 cm³/mol. The third kappa shape index (κ3) is 4.22. The van der Waals surface area contributed by atoms with E-state index in [1.165, 1.54) is 18.0 Å². The van der Waals surface area contributed by atoms with Crippen molar-refractivity contribution in [3.63, 3.8) is 0 Å². The van der Waals surface area contributed by atoms with Gasteiger partial charge in [0, 0.05) is 5.56 Å². The first kappa shape index (κ1) is 17.1. The molecule has 0 atom stereocenters. The van der Waals surface area contributed by atoms with Crippen molar-refractivity contribution in [3.05, 3.63) is 47.5 Å². The van der Waals surface area contributed by atoms with Crippen LogP contribution in [0.1, 0.15) is 11.1 Å². The number of fused-ring (bicyclic) bond motifs is 1. The lowest BCUT2D eigenvalue weighted by molar-refractivity contribution is -0.118. The first-order valence-electron chi connectivity index (χ1n) is 7.51. The van der Waals surface area contributed by atoms with Crippen LogP contribution in [0.4, 0.5) is 0 Å². The number of carbonyl (C=O) groups excluding carboxylic acids is 1. The fourth-order valence-electron chi connectivity index (χ4n) is 2.27. The summed E-state index contributed by atoms with van der Waals surface area (Å²) < 4.78 is 0. The van der Waals surface area contributed by atoms with Crippen molar-refractivity contribution in [3.8, 4) is 5.75 Å². The summed E-state index contributed by atoms with van der Waals surface area (Å²) in [6, 6.07) is 11.0. The highest BCUT2D eigenvalue weighted by Crippen LogP contribution is 2.18. The summed E-state index contributed by atoms with van der Waals surface area (Å²) in [6.07, 6.45) is 1.36. The summed E-state index contributed by atoms with van der Waals surface area (Å²) in [5.74, 6) is -0.166. The number of hydrazone groups is 1. The van der Waals surface area contributed by atoms with Crippen molar-refractivity contribution >= 4 is 48.2 Å². The van der Waals surface area contributed by atoms with Crippen LogP contribution in [0.15, 0.2) is 46.7 Å². The Kier molecular flexibility index (Phi) is 5.09. The number of carbonyl (C=O) groups is 1. The largest absolute Gasteiger partial charge is 0.508 e. The number of H-pyrrole nitrogens is 1. The highest BCUT2D eigenvalue weighted by atomic mass is 32.2. The van der Waals surface area contributed by atoms with Crippen LogP contribution >= 0.6 is 11.8 Å². The van der Waals surface area contributed by atoms with Crippen LogP contribution in [-0.4, -0.2) is 40.8 Å². The molecular weight excluding hydrogens is 335 g/mol. The molecule has 0 unspecified atom stereocenters. The molecule has 1 heterocycles. The fourth-order valence-corrected chi connectivity index (χ4v) is 2.95. The second-order valence-electron chi connectivity index (χ2n) is 5.43. The summed E-state index contributed by atoms with van der Waals surface area (Å²) in [5, 5.41) is 14.4. The summed E-state index contributed by atoms with van der Waals surface area (Å²) >= 11 is 1.29. The number of nitrogens with one attached hydrogen (secondary N) is 2. The van der Waals surface area contributed by atoms with E-state index >= 15 is 0 Å². The Balaban J connectivity index is 1.56. The lowest BCUT2D eigenvalue weighted by Crippen LogP contribution is -2.19. The number of thioether (sulfide) groups is 1. The molecule has 3 aromatic rings. The van der Waals surface area contributed by atoms with Crippen molar-refractivity contribution in [1.82, 2.24) is 15.4 Å². The average Bonchev–Trinajstić information content (AvgIpc) is 3.00. The first-order chi connectivity index (χ1) is 12.0. The third-order valence-corrected chi connectivity index (χ3v) is 4.29. The van der Waals surface area contributed by atoms with Crippen molar-refractivity contribution in [1.29, 1.82) is 0 Å². The van der Waals surface area contributed by atoms with Gasteiger partial charge in [0.05, 0.1) is 23.0 Å². The molecule has 0 fully saturated rings. The maximum absolute atomic E-state index is 11.9. The second kappa shape index (κ2) is 7.44. The molecule has 2 radical (unpaired) electrons. The van der Waals surface area contributed by atoms with Gasteiger partial charge in [-0.15, -0.1) is 0 Å². The molecule has 25 heavy (non-hydrogen) atoms. The summed E-state index contributed by atoms with van der Waals surface area (Å²) in [4.78, 5) is 19.4. The number of hydrogen-bond acceptors (Lipinski definition) is 5. The van der Waals surface area contributed by atoms with Gasteiger partial charge in [0.15, 0.2) is 5.16 Å². The molecule has 0 aliphatic rings. The normalized spacial score (nSPS) is 11.2. The van der Waals surface area contributed by atoms with E-state index in [0.29, 0.717) is 10.7 Å². The van der Waals surface area contributed by atoms with E-state index in [2.05, 4.69) is 20.5 Å². The van der Waals surface area contributed by atoms with E-state index in [-0.39, 0.29) is 22.9 Å². The minimum atomic E-state index is -0.276.